The predicted octanol–water partition coefficient (Wildman–Crippen LogP) is 1.84. The fraction of sp³-hybridized carbons (Fsp3) is 0.588. The molecule has 0 spiro atoms. The van der Waals surface area contributed by atoms with Gasteiger partial charge >= 0.3 is 12.0 Å². The number of nitrogens with one attached hydrogen (secondary N) is 2. The van der Waals surface area contributed by atoms with Gasteiger partial charge in [0.2, 0.25) is 0 Å². The summed E-state index contributed by atoms with van der Waals surface area (Å²) in [5.74, 6) is 0.409. The van der Waals surface area contributed by atoms with Crippen molar-refractivity contribution in [1.82, 2.24) is 15.2 Å². The number of amides is 2. The third kappa shape index (κ3) is 4.67. The zero-order valence-electron chi connectivity index (χ0n) is 13.9. The van der Waals surface area contributed by atoms with E-state index < -0.39 is 5.97 Å². The van der Waals surface area contributed by atoms with Gasteiger partial charge in [-0.05, 0) is 50.7 Å². The number of aliphatic carboxylic acids is 1. The maximum absolute atomic E-state index is 12.0. The van der Waals surface area contributed by atoms with E-state index in [0.717, 1.165) is 25.1 Å². The van der Waals surface area contributed by atoms with Crippen LogP contribution >= 0.6 is 0 Å². The summed E-state index contributed by atoms with van der Waals surface area (Å²) in [6.45, 7) is 2.83. The number of carboxylic acids is 1. The third-order valence-corrected chi connectivity index (χ3v) is 4.62. The van der Waals surface area contributed by atoms with Crippen LogP contribution in [-0.2, 0) is 4.79 Å². The Hall–Kier alpha value is -2.15. The number of hydrogen-bond acceptors (Lipinski definition) is 4. The number of pyridine rings is 1. The van der Waals surface area contributed by atoms with Crippen molar-refractivity contribution in [3.05, 3.63) is 23.9 Å². The number of carbonyl (C=O) groups excluding carboxylic acids is 1. The molecule has 3 rings (SSSR count). The number of nitrogens with zero attached hydrogens (tertiary/aromatic N) is 2. The summed E-state index contributed by atoms with van der Waals surface area (Å²) in [7, 11) is 0. The molecule has 7 heteroatoms. The molecule has 0 aliphatic heterocycles. The largest absolute Gasteiger partial charge is 0.480 e. The number of carboxylic acid groups (broad SMARTS) is 1. The summed E-state index contributed by atoms with van der Waals surface area (Å²) >= 11 is 0. The zero-order valence-corrected chi connectivity index (χ0v) is 13.9. The highest BCUT2D eigenvalue weighted by molar-refractivity contribution is 5.88. The van der Waals surface area contributed by atoms with Crippen molar-refractivity contribution in [2.75, 3.05) is 18.4 Å². The summed E-state index contributed by atoms with van der Waals surface area (Å²) < 4.78 is 0. The Morgan fingerprint density at radius 2 is 2.08 bits per heavy atom. The van der Waals surface area contributed by atoms with Gasteiger partial charge in [-0.2, -0.15) is 0 Å². The van der Waals surface area contributed by atoms with Crippen LogP contribution in [0.1, 0.15) is 31.4 Å². The number of anilines is 1. The molecular formula is C17H24N4O3. The monoisotopic (exact) mass is 332 g/mol. The first-order chi connectivity index (χ1) is 11.5. The van der Waals surface area contributed by atoms with Crippen molar-refractivity contribution in [3.63, 3.8) is 0 Å². The van der Waals surface area contributed by atoms with Gasteiger partial charge in [0, 0.05) is 24.3 Å². The van der Waals surface area contributed by atoms with Gasteiger partial charge in [0.15, 0.2) is 0 Å². The van der Waals surface area contributed by atoms with Crippen LogP contribution in [0.2, 0.25) is 0 Å². The first-order valence-electron chi connectivity index (χ1n) is 8.46. The molecular weight excluding hydrogens is 308 g/mol. The second kappa shape index (κ2) is 7.17. The van der Waals surface area contributed by atoms with E-state index in [1.165, 1.54) is 12.8 Å². The van der Waals surface area contributed by atoms with Crippen molar-refractivity contribution in [3.8, 4) is 0 Å². The number of aryl methyl sites for hydroxylation is 1. The summed E-state index contributed by atoms with van der Waals surface area (Å²) in [5, 5.41) is 14.7. The summed E-state index contributed by atoms with van der Waals surface area (Å²) in [6.07, 6.45) is 4.01. The fourth-order valence-corrected chi connectivity index (χ4v) is 3.10. The molecule has 2 saturated carbocycles. The molecule has 3 N–H and O–H groups in total. The van der Waals surface area contributed by atoms with Crippen LogP contribution in [0.25, 0.3) is 0 Å². The van der Waals surface area contributed by atoms with Crippen LogP contribution in [0, 0.1) is 12.8 Å². The standard InChI is InChI=1S/C17H24N4O3/c1-11-3-2-4-15(18-11)20-17(24)19-13-7-14(8-13)21(10-16(22)23)9-12-5-6-12/h2-4,12-14H,5-10H2,1H3,(H,22,23)(H2,18,19,20,24). The van der Waals surface area contributed by atoms with Gasteiger partial charge in [0.1, 0.15) is 5.82 Å². The lowest BCUT2D eigenvalue weighted by molar-refractivity contribution is -0.139. The van der Waals surface area contributed by atoms with Gasteiger partial charge < -0.3 is 10.4 Å². The molecule has 2 amide bonds. The van der Waals surface area contributed by atoms with Crippen molar-refractivity contribution >= 4 is 17.8 Å². The Kier molecular flexibility index (Phi) is 4.99. The molecule has 2 fully saturated rings. The number of hydrogen-bond donors (Lipinski definition) is 3. The number of aromatic nitrogens is 1. The first-order valence-corrected chi connectivity index (χ1v) is 8.46. The van der Waals surface area contributed by atoms with Gasteiger partial charge in [-0.25, -0.2) is 9.78 Å². The molecule has 2 aliphatic carbocycles. The highest BCUT2D eigenvalue weighted by atomic mass is 16.4. The molecule has 130 valence electrons. The van der Waals surface area contributed by atoms with Gasteiger partial charge in [-0.3, -0.25) is 15.0 Å². The van der Waals surface area contributed by atoms with Crippen LogP contribution < -0.4 is 10.6 Å². The van der Waals surface area contributed by atoms with Crippen LogP contribution in [0.3, 0.4) is 0 Å². The Bertz CT molecular complexity index is 612. The SMILES string of the molecule is Cc1cccc(NC(=O)NC2CC(N(CC(=O)O)CC3CC3)C2)n1. The molecule has 0 bridgehead atoms. The second-order valence-electron chi connectivity index (χ2n) is 6.85. The van der Waals surface area contributed by atoms with Crippen molar-refractivity contribution in [2.45, 2.75) is 44.7 Å². The molecule has 24 heavy (non-hydrogen) atoms. The normalized spacial score (nSPS) is 22.8. The van der Waals surface area contributed by atoms with Gasteiger partial charge in [0.05, 0.1) is 6.54 Å². The second-order valence-corrected chi connectivity index (χ2v) is 6.85. The average Bonchev–Trinajstić information content (AvgIpc) is 3.25. The minimum atomic E-state index is -0.782. The predicted molar refractivity (Wildman–Crippen MR) is 89.9 cm³/mol. The summed E-state index contributed by atoms with van der Waals surface area (Å²) in [6, 6.07) is 5.55. The van der Waals surface area contributed by atoms with E-state index in [-0.39, 0.29) is 24.7 Å². The molecule has 0 radical (unpaired) electrons. The number of rotatable bonds is 7. The molecule has 0 aromatic carbocycles. The van der Waals surface area contributed by atoms with E-state index in [1.54, 1.807) is 6.07 Å². The van der Waals surface area contributed by atoms with E-state index in [1.807, 2.05) is 19.1 Å². The van der Waals surface area contributed by atoms with Crippen LogP contribution in [0.5, 0.6) is 0 Å². The van der Waals surface area contributed by atoms with Gasteiger partial charge in [0.25, 0.3) is 0 Å². The minimum Gasteiger partial charge on any atom is -0.480 e. The van der Waals surface area contributed by atoms with Gasteiger partial charge in [-0.1, -0.05) is 6.07 Å². The fourth-order valence-electron chi connectivity index (χ4n) is 3.10. The van der Waals surface area contributed by atoms with E-state index in [2.05, 4.69) is 20.5 Å². The van der Waals surface area contributed by atoms with Crippen molar-refractivity contribution in [2.24, 2.45) is 5.92 Å². The van der Waals surface area contributed by atoms with E-state index in [4.69, 9.17) is 5.11 Å². The van der Waals surface area contributed by atoms with E-state index in [0.29, 0.717) is 11.7 Å². The van der Waals surface area contributed by atoms with E-state index in [9.17, 15) is 9.59 Å². The van der Waals surface area contributed by atoms with Crippen molar-refractivity contribution < 1.29 is 14.7 Å². The highest BCUT2D eigenvalue weighted by Crippen LogP contribution is 2.33. The Labute approximate surface area is 141 Å². The topological polar surface area (TPSA) is 94.6 Å². The van der Waals surface area contributed by atoms with Gasteiger partial charge in [-0.15, -0.1) is 0 Å². The molecule has 1 aromatic rings. The molecule has 0 unspecified atom stereocenters. The lowest BCUT2D eigenvalue weighted by atomic mass is 9.85. The summed E-state index contributed by atoms with van der Waals surface area (Å²) in [5.41, 5.74) is 0.848. The van der Waals surface area contributed by atoms with E-state index >= 15 is 0 Å². The highest BCUT2D eigenvalue weighted by Gasteiger charge is 2.37. The minimum absolute atomic E-state index is 0.0906. The third-order valence-electron chi connectivity index (χ3n) is 4.62. The molecule has 0 atom stereocenters. The molecule has 1 heterocycles. The average molecular weight is 332 g/mol. The molecule has 7 nitrogen and oxygen atoms in total. The molecule has 2 aliphatic rings. The Morgan fingerprint density at radius 1 is 1.33 bits per heavy atom. The summed E-state index contributed by atoms with van der Waals surface area (Å²) in [4.78, 5) is 29.3. The molecule has 0 saturated heterocycles. The van der Waals surface area contributed by atoms with Crippen LogP contribution in [-0.4, -0.2) is 52.2 Å². The lowest BCUT2D eigenvalue weighted by Crippen LogP contribution is -2.55. The molecule has 1 aromatic heterocycles. The number of urea groups is 1. The quantitative estimate of drug-likeness (QED) is 0.708. The zero-order chi connectivity index (χ0) is 17.1. The number of carbonyl (C=O) groups is 2. The Balaban J connectivity index is 1.43. The maximum Gasteiger partial charge on any atom is 0.320 e. The smallest absolute Gasteiger partial charge is 0.320 e. The van der Waals surface area contributed by atoms with Crippen molar-refractivity contribution in [1.29, 1.82) is 0 Å². The van der Waals surface area contributed by atoms with Crippen LogP contribution in [0.15, 0.2) is 18.2 Å². The maximum atomic E-state index is 12.0. The van der Waals surface area contributed by atoms with Crippen LogP contribution in [0.4, 0.5) is 10.6 Å². The first kappa shape index (κ1) is 16.7. The Morgan fingerprint density at radius 3 is 2.71 bits per heavy atom. The lowest BCUT2D eigenvalue weighted by Gasteiger charge is -2.42.